The van der Waals surface area contributed by atoms with Crippen molar-refractivity contribution < 1.29 is 14.7 Å². The number of aromatic nitrogens is 1. The Morgan fingerprint density at radius 3 is 2.35 bits per heavy atom. The highest BCUT2D eigenvalue weighted by molar-refractivity contribution is 8.00. The summed E-state index contributed by atoms with van der Waals surface area (Å²) in [7, 11) is 0. The van der Waals surface area contributed by atoms with Crippen LogP contribution in [-0.2, 0) is 4.79 Å². The van der Waals surface area contributed by atoms with Crippen LogP contribution in [0.2, 0.25) is 0 Å². The Bertz CT molecular complexity index is 857. The molecule has 2 rings (SSSR count). The van der Waals surface area contributed by atoms with Gasteiger partial charge >= 0.3 is 5.97 Å². The summed E-state index contributed by atoms with van der Waals surface area (Å²) < 4.78 is 0. The summed E-state index contributed by atoms with van der Waals surface area (Å²) in [6.45, 7) is 5.76. The van der Waals surface area contributed by atoms with Crippen molar-refractivity contribution in [3.05, 3.63) is 53.2 Å². The van der Waals surface area contributed by atoms with Gasteiger partial charge in [-0.15, -0.1) is 0 Å². The first-order valence-corrected chi connectivity index (χ1v) is 8.91. The van der Waals surface area contributed by atoms with Crippen molar-refractivity contribution in [3.8, 4) is 6.07 Å². The second-order valence-electron chi connectivity index (χ2n) is 5.99. The lowest BCUT2D eigenvalue weighted by atomic mass is 10.1. The standard InChI is InChI=1S/C19H19N3O3S/c1-11(2)16-9-6-14(10-20)18(22-16)26-12(3)17(23)21-15-7-4-13(5-8-15)19(24)25/h4-9,11-12H,1-3H3,(H,21,23)(H,24,25). The fourth-order valence-corrected chi connectivity index (χ4v) is 3.01. The average molecular weight is 369 g/mol. The van der Waals surface area contributed by atoms with E-state index >= 15 is 0 Å². The number of carboxylic acid groups (broad SMARTS) is 1. The van der Waals surface area contributed by atoms with Crippen molar-refractivity contribution in [2.75, 3.05) is 5.32 Å². The lowest BCUT2D eigenvalue weighted by molar-refractivity contribution is -0.115. The van der Waals surface area contributed by atoms with Crippen LogP contribution >= 0.6 is 11.8 Å². The number of carbonyl (C=O) groups is 2. The van der Waals surface area contributed by atoms with Crippen LogP contribution in [0, 0.1) is 11.3 Å². The lowest BCUT2D eigenvalue weighted by Gasteiger charge is -2.14. The Balaban J connectivity index is 2.10. The third-order valence-electron chi connectivity index (χ3n) is 3.65. The SMILES string of the molecule is CC(Sc1nc(C(C)C)ccc1C#N)C(=O)Nc1ccc(C(=O)O)cc1. The maximum Gasteiger partial charge on any atom is 0.335 e. The van der Waals surface area contributed by atoms with Gasteiger partial charge in [0.25, 0.3) is 0 Å². The van der Waals surface area contributed by atoms with E-state index in [0.29, 0.717) is 16.3 Å². The van der Waals surface area contributed by atoms with Crippen molar-refractivity contribution in [1.29, 1.82) is 5.26 Å². The van der Waals surface area contributed by atoms with Crippen molar-refractivity contribution in [3.63, 3.8) is 0 Å². The van der Waals surface area contributed by atoms with Gasteiger partial charge in [-0.25, -0.2) is 9.78 Å². The van der Waals surface area contributed by atoms with E-state index in [1.54, 1.807) is 13.0 Å². The van der Waals surface area contributed by atoms with Crippen molar-refractivity contribution in [2.45, 2.75) is 37.0 Å². The molecule has 2 aromatic rings. The number of nitrogens with zero attached hydrogens (tertiary/aromatic N) is 2. The molecule has 0 saturated heterocycles. The van der Waals surface area contributed by atoms with E-state index in [2.05, 4.69) is 16.4 Å². The molecule has 0 bridgehead atoms. The number of hydrogen-bond donors (Lipinski definition) is 2. The van der Waals surface area contributed by atoms with E-state index in [1.165, 1.54) is 36.0 Å². The van der Waals surface area contributed by atoms with Crippen LogP contribution in [0.5, 0.6) is 0 Å². The minimum absolute atomic E-state index is 0.152. The minimum atomic E-state index is -1.02. The Labute approximate surface area is 156 Å². The fraction of sp³-hybridized carbons (Fsp3) is 0.263. The van der Waals surface area contributed by atoms with Gasteiger partial charge in [0.05, 0.1) is 16.4 Å². The maximum absolute atomic E-state index is 12.4. The van der Waals surface area contributed by atoms with E-state index in [0.717, 1.165) is 5.69 Å². The van der Waals surface area contributed by atoms with E-state index in [4.69, 9.17) is 5.11 Å². The van der Waals surface area contributed by atoms with Crippen LogP contribution in [0.1, 0.15) is 48.3 Å². The molecule has 1 atom stereocenters. The highest BCUT2D eigenvalue weighted by Crippen LogP contribution is 2.27. The van der Waals surface area contributed by atoms with Gasteiger partial charge in [0.2, 0.25) is 5.91 Å². The second-order valence-corrected chi connectivity index (χ2v) is 7.32. The van der Waals surface area contributed by atoms with Crippen LogP contribution in [0.25, 0.3) is 0 Å². The van der Waals surface area contributed by atoms with Gasteiger partial charge in [0.15, 0.2) is 0 Å². The molecule has 0 spiro atoms. The van der Waals surface area contributed by atoms with E-state index in [9.17, 15) is 14.9 Å². The number of pyridine rings is 1. The Morgan fingerprint density at radius 1 is 1.15 bits per heavy atom. The number of benzene rings is 1. The molecule has 1 heterocycles. The third kappa shape index (κ3) is 4.83. The number of carbonyl (C=O) groups excluding carboxylic acids is 1. The fourth-order valence-electron chi connectivity index (χ4n) is 2.11. The van der Waals surface area contributed by atoms with Crippen molar-refractivity contribution in [1.82, 2.24) is 4.98 Å². The van der Waals surface area contributed by atoms with E-state index in [-0.39, 0.29) is 17.4 Å². The normalized spacial score (nSPS) is 11.7. The van der Waals surface area contributed by atoms with Crippen molar-refractivity contribution in [2.24, 2.45) is 0 Å². The molecule has 1 aromatic carbocycles. The number of hydrogen-bond acceptors (Lipinski definition) is 5. The molecule has 134 valence electrons. The predicted octanol–water partition coefficient (Wildman–Crippen LogP) is 3.89. The maximum atomic E-state index is 12.4. The number of rotatable bonds is 6. The molecular formula is C19H19N3O3S. The molecule has 0 fully saturated rings. The molecule has 1 aromatic heterocycles. The zero-order valence-electron chi connectivity index (χ0n) is 14.7. The summed E-state index contributed by atoms with van der Waals surface area (Å²) in [4.78, 5) is 27.8. The number of aromatic carboxylic acids is 1. The van der Waals surface area contributed by atoms with Crippen LogP contribution in [-0.4, -0.2) is 27.2 Å². The van der Waals surface area contributed by atoms with Gasteiger partial charge in [0.1, 0.15) is 11.1 Å². The van der Waals surface area contributed by atoms with Crippen LogP contribution in [0.15, 0.2) is 41.4 Å². The minimum Gasteiger partial charge on any atom is -0.478 e. The first kappa shape index (κ1) is 19.5. The quantitative estimate of drug-likeness (QED) is 0.749. The molecule has 0 aliphatic heterocycles. The zero-order chi connectivity index (χ0) is 19.3. The highest BCUT2D eigenvalue weighted by Gasteiger charge is 2.18. The number of thioether (sulfide) groups is 1. The molecule has 1 amide bonds. The van der Waals surface area contributed by atoms with Gasteiger partial charge in [-0.05, 0) is 49.2 Å². The van der Waals surface area contributed by atoms with Crippen LogP contribution in [0.3, 0.4) is 0 Å². The van der Waals surface area contributed by atoms with Gasteiger partial charge < -0.3 is 10.4 Å². The molecule has 0 radical (unpaired) electrons. The molecule has 0 aliphatic rings. The van der Waals surface area contributed by atoms with E-state index in [1.807, 2.05) is 19.9 Å². The average Bonchev–Trinajstić information content (AvgIpc) is 2.61. The summed E-state index contributed by atoms with van der Waals surface area (Å²) in [6, 6.07) is 11.6. The predicted molar refractivity (Wildman–Crippen MR) is 100 cm³/mol. The van der Waals surface area contributed by atoms with Crippen molar-refractivity contribution >= 4 is 29.3 Å². The molecule has 26 heavy (non-hydrogen) atoms. The smallest absolute Gasteiger partial charge is 0.335 e. The summed E-state index contributed by atoms with van der Waals surface area (Å²) in [5.74, 6) is -1.05. The van der Waals surface area contributed by atoms with Gasteiger partial charge in [0, 0.05) is 11.4 Å². The second kappa shape index (κ2) is 8.50. The topological polar surface area (TPSA) is 103 Å². The van der Waals surface area contributed by atoms with Crippen LogP contribution < -0.4 is 5.32 Å². The highest BCUT2D eigenvalue weighted by atomic mass is 32.2. The first-order valence-electron chi connectivity index (χ1n) is 8.03. The molecule has 1 unspecified atom stereocenters. The number of carboxylic acids is 1. The molecule has 7 heteroatoms. The number of nitriles is 1. The largest absolute Gasteiger partial charge is 0.478 e. The summed E-state index contributed by atoms with van der Waals surface area (Å²) in [6.07, 6.45) is 0. The zero-order valence-corrected chi connectivity index (χ0v) is 15.5. The number of nitrogens with one attached hydrogen (secondary N) is 1. The first-order chi connectivity index (χ1) is 12.3. The summed E-state index contributed by atoms with van der Waals surface area (Å²) in [5, 5.41) is 20.9. The number of anilines is 1. The number of amides is 1. The Kier molecular flexibility index (Phi) is 6.36. The Morgan fingerprint density at radius 2 is 1.81 bits per heavy atom. The third-order valence-corrected chi connectivity index (χ3v) is 4.75. The molecule has 2 N–H and O–H groups in total. The molecule has 0 saturated carbocycles. The monoisotopic (exact) mass is 369 g/mol. The van der Waals surface area contributed by atoms with Gasteiger partial charge in [-0.3, -0.25) is 4.79 Å². The lowest BCUT2D eigenvalue weighted by Crippen LogP contribution is -2.22. The molecular weight excluding hydrogens is 350 g/mol. The summed E-state index contributed by atoms with van der Waals surface area (Å²) >= 11 is 1.22. The molecule has 0 aliphatic carbocycles. The van der Waals surface area contributed by atoms with Crippen LogP contribution in [0.4, 0.5) is 5.69 Å². The Hall–Kier alpha value is -2.85. The molecule has 6 nitrogen and oxygen atoms in total. The summed E-state index contributed by atoms with van der Waals surface area (Å²) in [5.41, 5.74) is 1.96. The van der Waals surface area contributed by atoms with Gasteiger partial charge in [-0.1, -0.05) is 25.6 Å². The van der Waals surface area contributed by atoms with Gasteiger partial charge in [-0.2, -0.15) is 5.26 Å². The van der Waals surface area contributed by atoms with E-state index < -0.39 is 11.2 Å².